The minimum atomic E-state index is -0.883. The van der Waals surface area contributed by atoms with Crippen LogP contribution in [-0.2, 0) is 17.8 Å². The van der Waals surface area contributed by atoms with Crippen LogP contribution in [0.1, 0.15) is 18.1 Å². The number of rotatable bonds is 7. The summed E-state index contributed by atoms with van der Waals surface area (Å²) in [5, 5.41) is 14.4. The van der Waals surface area contributed by atoms with E-state index < -0.39 is 5.97 Å². The van der Waals surface area contributed by atoms with Gasteiger partial charge in [-0.3, -0.25) is 4.79 Å². The number of benzene rings is 1. The Labute approximate surface area is 125 Å². The van der Waals surface area contributed by atoms with E-state index in [1.54, 1.807) is 12.1 Å². The van der Waals surface area contributed by atoms with Crippen molar-refractivity contribution in [3.63, 3.8) is 0 Å². The van der Waals surface area contributed by atoms with E-state index in [0.717, 1.165) is 5.56 Å². The summed E-state index contributed by atoms with van der Waals surface area (Å²) in [5.74, 6) is -0.883. The number of nitrogens with one attached hydrogen (secondary N) is 2. The van der Waals surface area contributed by atoms with Gasteiger partial charge in [0.15, 0.2) is 0 Å². The molecule has 6 nitrogen and oxygen atoms in total. The first-order valence-electron chi connectivity index (χ1n) is 6.87. The number of nitrogens with zero attached hydrogens (tertiary/aromatic N) is 1. The Morgan fingerprint density at radius 1 is 1.19 bits per heavy atom. The van der Waals surface area contributed by atoms with Crippen LogP contribution in [-0.4, -0.2) is 48.7 Å². The Morgan fingerprint density at radius 2 is 1.81 bits per heavy atom. The molecule has 1 rings (SSSR count). The molecule has 0 aliphatic rings. The molecule has 0 saturated carbocycles. The Bertz CT molecular complexity index is 489. The van der Waals surface area contributed by atoms with Crippen molar-refractivity contribution >= 4 is 12.0 Å². The van der Waals surface area contributed by atoms with Crippen molar-refractivity contribution in [2.24, 2.45) is 0 Å². The second-order valence-corrected chi connectivity index (χ2v) is 5.22. The van der Waals surface area contributed by atoms with Crippen LogP contribution in [0.4, 0.5) is 4.79 Å². The third-order valence-electron chi connectivity index (χ3n) is 3.34. The van der Waals surface area contributed by atoms with Crippen LogP contribution in [0.2, 0.25) is 0 Å². The first-order chi connectivity index (χ1) is 9.90. The molecule has 0 radical (unpaired) electrons. The number of likely N-dealkylation sites (N-methyl/N-ethyl adjacent to an activating group) is 1. The van der Waals surface area contributed by atoms with Crippen molar-refractivity contribution in [2.45, 2.75) is 25.9 Å². The number of hydrogen-bond donors (Lipinski definition) is 3. The molecule has 116 valence electrons. The highest BCUT2D eigenvalue weighted by molar-refractivity contribution is 5.74. The van der Waals surface area contributed by atoms with Crippen molar-refractivity contribution in [1.82, 2.24) is 15.5 Å². The zero-order valence-corrected chi connectivity index (χ0v) is 12.7. The lowest BCUT2D eigenvalue weighted by atomic mass is 10.0. The second kappa shape index (κ2) is 8.26. The molecule has 0 spiro atoms. The monoisotopic (exact) mass is 293 g/mol. The van der Waals surface area contributed by atoms with Gasteiger partial charge in [-0.05, 0) is 32.1 Å². The average Bonchev–Trinajstić information content (AvgIpc) is 2.43. The summed E-state index contributed by atoms with van der Waals surface area (Å²) < 4.78 is 0. The third-order valence-corrected chi connectivity index (χ3v) is 3.34. The molecule has 1 aromatic carbocycles. The zero-order valence-electron chi connectivity index (χ0n) is 12.7. The summed E-state index contributed by atoms with van der Waals surface area (Å²) in [6.45, 7) is 2.88. The van der Waals surface area contributed by atoms with Gasteiger partial charge in [-0.1, -0.05) is 24.3 Å². The summed E-state index contributed by atoms with van der Waals surface area (Å²) in [5.41, 5.74) is 1.53. The average molecular weight is 293 g/mol. The third kappa shape index (κ3) is 6.27. The molecule has 1 aromatic rings. The number of amides is 2. The van der Waals surface area contributed by atoms with Gasteiger partial charge in [-0.25, -0.2) is 4.79 Å². The molecule has 0 fully saturated rings. The molecule has 0 saturated heterocycles. The molecule has 0 heterocycles. The van der Waals surface area contributed by atoms with Crippen molar-refractivity contribution in [1.29, 1.82) is 0 Å². The summed E-state index contributed by atoms with van der Waals surface area (Å²) >= 11 is 0. The van der Waals surface area contributed by atoms with E-state index in [1.165, 1.54) is 0 Å². The Balaban J connectivity index is 2.48. The predicted molar refractivity (Wildman–Crippen MR) is 81.2 cm³/mol. The van der Waals surface area contributed by atoms with E-state index in [9.17, 15) is 9.59 Å². The highest BCUT2D eigenvalue weighted by atomic mass is 16.4. The molecule has 21 heavy (non-hydrogen) atoms. The smallest absolute Gasteiger partial charge is 0.315 e. The molecule has 0 aromatic heterocycles. The Morgan fingerprint density at radius 3 is 2.38 bits per heavy atom. The number of urea groups is 1. The molecular weight excluding hydrogens is 270 g/mol. The van der Waals surface area contributed by atoms with E-state index in [2.05, 4.69) is 10.6 Å². The minimum Gasteiger partial charge on any atom is -0.481 e. The van der Waals surface area contributed by atoms with Crippen molar-refractivity contribution < 1.29 is 14.7 Å². The quantitative estimate of drug-likeness (QED) is 0.702. The predicted octanol–water partition coefficient (Wildman–Crippen LogP) is 1.06. The van der Waals surface area contributed by atoms with Gasteiger partial charge in [-0.2, -0.15) is 0 Å². The van der Waals surface area contributed by atoms with E-state index in [4.69, 9.17) is 5.11 Å². The molecule has 2 amide bonds. The molecule has 0 bridgehead atoms. The highest BCUT2D eigenvalue weighted by Crippen LogP contribution is 2.09. The van der Waals surface area contributed by atoms with Crippen molar-refractivity contribution in [3.8, 4) is 0 Å². The Kier molecular flexibility index (Phi) is 6.68. The number of hydrogen-bond acceptors (Lipinski definition) is 3. The van der Waals surface area contributed by atoms with Crippen LogP contribution in [0.25, 0.3) is 0 Å². The van der Waals surface area contributed by atoms with Crippen LogP contribution >= 0.6 is 0 Å². The van der Waals surface area contributed by atoms with Crippen molar-refractivity contribution in [2.75, 3.05) is 20.6 Å². The molecule has 0 aliphatic carbocycles. The van der Waals surface area contributed by atoms with E-state index >= 15 is 0 Å². The lowest BCUT2D eigenvalue weighted by molar-refractivity contribution is -0.136. The van der Waals surface area contributed by atoms with Gasteiger partial charge in [0.2, 0.25) is 0 Å². The van der Waals surface area contributed by atoms with Gasteiger partial charge >= 0.3 is 12.0 Å². The van der Waals surface area contributed by atoms with Gasteiger partial charge in [0.1, 0.15) is 0 Å². The molecule has 6 heteroatoms. The topological polar surface area (TPSA) is 81.7 Å². The van der Waals surface area contributed by atoms with Gasteiger partial charge in [0.25, 0.3) is 0 Å². The first kappa shape index (κ1) is 17.0. The normalized spacial score (nSPS) is 12.0. The summed E-state index contributed by atoms with van der Waals surface area (Å²) in [7, 11) is 3.90. The molecule has 1 atom stereocenters. The largest absolute Gasteiger partial charge is 0.481 e. The van der Waals surface area contributed by atoms with Gasteiger partial charge in [0.05, 0.1) is 6.42 Å². The molecule has 1 unspecified atom stereocenters. The molecule has 3 N–H and O–H groups in total. The zero-order chi connectivity index (χ0) is 15.8. The van der Waals surface area contributed by atoms with Crippen molar-refractivity contribution in [3.05, 3.63) is 35.4 Å². The maximum absolute atomic E-state index is 11.7. The molecule has 0 aliphatic heterocycles. The summed E-state index contributed by atoms with van der Waals surface area (Å²) in [6, 6.07) is 7.19. The minimum absolute atomic E-state index is 0.0445. The maximum atomic E-state index is 11.7. The van der Waals surface area contributed by atoms with Gasteiger partial charge in [0, 0.05) is 19.1 Å². The van der Waals surface area contributed by atoms with Gasteiger partial charge in [-0.15, -0.1) is 0 Å². The van der Waals surface area contributed by atoms with E-state index in [0.29, 0.717) is 18.7 Å². The fourth-order valence-electron chi connectivity index (χ4n) is 1.73. The number of carboxylic acid groups (broad SMARTS) is 1. The standard InChI is InChI=1S/C15H23N3O3/c1-11(18(2)3)9-16-15(21)17-10-13-7-5-4-6-12(13)8-14(19)20/h4-7,11H,8-10H2,1-3H3,(H,19,20)(H2,16,17,21). The number of carbonyl (C=O) groups is 2. The fourth-order valence-corrected chi connectivity index (χ4v) is 1.73. The van der Waals surface area contributed by atoms with E-state index in [-0.39, 0.29) is 18.5 Å². The van der Waals surface area contributed by atoms with Crippen LogP contribution in [0.5, 0.6) is 0 Å². The van der Waals surface area contributed by atoms with Gasteiger partial charge < -0.3 is 20.6 Å². The lowest BCUT2D eigenvalue weighted by Gasteiger charge is -2.20. The van der Waals surface area contributed by atoms with Crippen LogP contribution in [0, 0.1) is 0 Å². The number of aliphatic carboxylic acids is 1. The SMILES string of the molecule is CC(CNC(=O)NCc1ccccc1CC(=O)O)N(C)C. The maximum Gasteiger partial charge on any atom is 0.315 e. The summed E-state index contributed by atoms with van der Waals surface area (Å²) in [4.78, 5) is 24.5. The summed E-state index contributed by atoms with van der Waals surface area (Å²) in [6.07, 6.45) is -0.0445. The fraction of sp³-hybridized carbons (Fsp3) is 0.467. The number of carboxylic acids is 1. The Hall–Kier alpha value is -2.08. The van der Waals surface area contributed by atoms with Crippen LogP contribution in [0.15, 0.2) is 24.3 Å². The second-order valence-electron chi connectivity index (χ2n) is 5.22. The first-order valence-corrected chi connectivity index (χ1v) is 6.87. The van der Waals surface area contributed by atoms with Crippen LogP contribution in [0.3, 0.4) is 0 Å². The number of carbonyl (C=O) groups excluding carboxylic acids is 1. The highest BCUT2D eigenvalue weighted by Gasteiger charge is 2.09. The van der Waals surface area contributed by atoms with Crippen LogP contribution < -0.4 is 10.6 Å². The van der Waals surface area contributed by atoms with E-state index in [1.807, 2.05) is 38.1 Å². The molecular formula is C15H23N3O3. The lowest BCUT2D eigenvalue weighted by Crippen LogP contribution is -2.42.